The Morgan fingerprint density at radius 1 is 0.919 bits per heavy atom. The molecule has 0 spiro atoms. The molecule has 2 heterocycles. The Hall–Kier alpha value is -3.31. The number of nitrogens with zero attached hydrogens (tertiary/aromatic N) is 2. The van der Waals surface area contributed by atoms with Crippen LogP contribution >= 0.6 is 11.9 Å². The fraction of sp³-hybridized carbons (Fsp3) is 0.312. The van der Waals surface area contributed by atoms with Crippen LogP contribution in [-0.4, -0.2) is 9.97 Å². The summed E-state index contributed by atoms with van der Waals surface area (Å²) in [5.41, 5.74) is 9.86. The van der Waals surface area contributed by atoms with Crippen molar-refractivity contribution in [3.8, 4) is 17.1 Å². The molecule has 2 atom stereocenters. The predicted molar refractivity (Wildman–Crippen MR) is 152 cm³/mol. The third kappa shape index (κ3) is 4.73. The maximum atomic E-state index is 6.76. The van der Waals surface area contributed by atoms with Gasteiger partial charge in [-0.05, 0) is 95.5 Å². The van der Waals surface area contributed by atoms with Gasteiger partial charge >= 0.3 is 0 Å². The van der Waals surface area contributed by atoms with Crippen LogP contribution in [0.25, 0.3) is 11.3 Å². The van der Waals surface area contributed by atoms with Gasteiger partial charge in [0.15, 0.2) is 0 Å². The molecular formula is C32H33N3OS. The molecule has 3 aromatic carbocycles. The van der Waals surface area contributed by atoms with Gasteiger partial charge in [-0.3, -0.25) is 4.72 Å². The molecule has 1 aromatic heterocycles. The van der Waals surface area contributed by atoms with Crippen LogP contribution in [0.5, 0.6) is 5.88 Å². The van der Waals surface area contributed by atoms with Gasteiger partial charge in [0, 0.05) is 16.5 Å². The first-order valence-corrected chi connectivity index (χ1v) is 13.8. The molecule has 0 saturated carbocycles. The summed E-state index contributed by atoms with van der Waals surface area (Å²) in [5, 5.41) is 0. The van der Waals surface area contributed by atoms with Crippen molar-refractivity contribution in [2.24, 2.45) is 0 Å². The number of anilines is 1. The molecule has 2 aliphatic rings. The smallest absolute Gasteiger partial charge is 0.237 e. The molecule has 6 rings (SSSR count). The van der Waals surface area contributed by atoms with E-state index in [9.17, 15) is 0 Å². The van der Waals surface area contributed by atoms with Crippen LogP contribution in [0.15, 0.2) is 71.6 Å². The number of rotatable bonds is 1. The molecule has 6 bridgehead atoms. The highest BCUT2D eigenvalue weighted by Crippen LogP contribution is 2.43. The Morgan fingerprint density at radius 3 is 2.49 bits per heavy atom. The molecule has 0 fully saturated rings. The number of aromatic nitrogens is 2. The van der Waals surface area contributed by atoms with Gasteiger partial charge in [-0.2, -0.15) is 4.98 Å². The average Bonchev–Trinajstić information content (AvgIpc) is 2.86. The minimum Gasteiger partial charge on any atom is -0.469 e. The van der Waals surface area contributed by atoms with Crippen LogP contribution in [0, 0.1) is 13.8 Å². The molecular weight excluding hydrogens is 474 g/mol. The van der Waals surface area contributed by atoms with Crippen molar-refractivity contribution < 1.29 is 4.74 Å². The zero-order valence-corrected chi connectivity index (χ0v) is 22.9. The summed E-state index contributed by atoms with van der Waals surface area (Å²) in [5.74, 6) is 1.55. The number of fused-ring (bicyclic) bond motifs is 9. The van der Waals surface area contributed by atoms with Gasteiger partial charge < -0.3 is 4.74 Å². The molecule has 1 aliphatic heterocycles. The predicted octanol–water partition coefficient (Wildman–Crippen LogP) is 8.34. The quantitative estimate of drug-likeness (QED) is 0.262. The van der Waals surface area contributed by atoms with Gasteiger partial charge in [-0.1, -0.05) is 69.3 Å². The van der Waals surface area contributed by atoms with E-state index in [4.69, 9.17) is 14.7 Å². The zero-order chi connectivity index (χ0) is 25.7. The van der Waals surface area contributed by atoms with Gasteiger partial charge in [0.1, 0.15) is 6.10 Å². The third-order valence-corrected chi connectivity index (χ3v) is 8.39. The van der Waals surface area contributed by atoms with Gasteiger partial charge in [0.05, 0.1) is 5.69 Å². The summed E-state index contributed by atoms with van der Waals surface area (Å²) in [4.78, 5) is 10.9. The normalized spacial score (nSPS) is 18.5. The van der Waals surface area contributed by atoms with E-state index in [1.165, 1.54) is 33.4 Å². The van der Waals surface area contributed by atoms with E-state index >= 15 is 0 Å². The highest BCUT2D eigenvalue weighted by Gasteiger charge is 2.31. The fourth-order valence-electron chi connectivity index (χ4n) is 5.62. The molecule has 4 nitrogen and oxygen atoms in total. The maximum absolute atomic E-state index is 6.76. The Morgan fingerprint density at radius 2 is 1.70 bits per heavy atom. The Balaban J connectivity index is 1.50. The molecule has 0 amide bonds. The second-order valence-corrected chi connectivity index (χ2v) is 12.2. The molecule has 0 radical (unpaired) electrons. The lowest BCUT2D eigenvalue weighted by Gasteiger charge is -2.34. The molecule has 4 aromatic rings. The number of hydrogen-bond donors (Lipinski definition) is 1. The first-order valence-electron chi connectivity index (χ1n) is 13.0. The van der Waals surface area contributed by atoms with Gasteiger partial charge in [0.2, 0.25) is 11.8 Å². The van der Waals surface area contributed by atoms with Gasteiger partial charge in [-0.25, -0.2) is 4.98 Å². The van der Waals surface area contributed by atoms with E-state index in [0.717, 1.165) is 29.0 Å². The Labute approximate surface area is 224 Å². The maximum Gasteiger partial charge on any atom is 0.237 e. The second-order valence-electron chi connectivity index (χ2n) is 11.4. The lowest BCUT2D eigenvalue weighted by atomic mass is 9.76. The second kappa shape index (κ2) is 9.21. The van der Waals surface area contributed by atoms with Crippen molar-refractivity contribution in [3.63, 3.8) is 0 Å². The zero-order valence-electron chi connectivity index (χ0n) is 22.1. The molecule has 1 aliphatic carbocycles. The Bertz CT molecular complexity index is 1470. The van der Waals surface area contributed by atoms with Crippen LogP contribution in [0.4, 0.5) is 5.95 Å². The fourth-order valence-corrected chi connectivity index (χ4v) is 6.26. The van der Waals surface area contributed by atoms with E-state index in [1.54, 1.807) is 11.9 Å². The monoisotopic (exact) mass is 507 g/mol. The molecule has 37 heavy (non-hydrogen) atoms. The van der Waals surface area contributed by atoms with Crippen LogP contribution in [0.3, 0.4) is 0 Å². The number of ether oxygens (including phenoxy) is 1. The summed E-state index contributed by atoms with van der Waals surface area (Å²) in [6.07, 6.45) is 1.86. The number of hydrogen-bond acceptors (Lipinski definition) is 5. The Kier molecular flexibility index (Phi) is 5.99. The number of aryl methyl sites for hydroxylation is 2. The summed E-state index contributed by atoms with van der Waals surface area (Å²) >= 11 is 1.55. The van der Waals surface area contributed by atoms with E-state index in [-0.39, 0.29) is 11.5 Å². The summed E-state index contributed by atoms with van der Waals surface area (Å²) in [6.45, 7) is 11.1. The number of nitrogens with one attached hydrogen (secondary N) is 1. The van der Waals surface area contributed by atoms with Crippen LogP contribution in [-0.2, 0) is 11.8 Å². The third-order valence-electron chi connectivity index (χ3n) is 7.61. The van der Waals surface area contributed by atoms with E-state index in [0.29, 0.717) is 17.7 Å². The van der Waals surface area contributed by atoms with Crippen molar-refractivity contribution >= 4 is 17.9 Å². The van der Waals surface area contributed by atoms with Crippen molar-refractivity contribution in [3.05, 3.63) is 100 Å². The minimum absolute atomic E-state index is 0.0768. The molecule has 1 N–H and O–H groups in total. The van der Waals surface area contributed by atoms with Crippen molar-refractivity contribution in [1.29, 1.82) is 0 Å². The summed E-state index contributed by atoms with van der Waals surface area (Å²) < 4.78 is 10.1. The van der Waals surface area contributed by atoms with Crippen LogP contribution in [0.2, 0.25) is 0 Å². The SMILES string of the molecule is Cc1cccc(C)c1-c1cc2nc(n1)NSc1cccc(c1)C1Cc3cc(C(C)(C)C)ccc3[C@@H](C1)O2. The molecule has 5 heteroatoms. The number of benzene rings is 3. The highest BCUT2D eigenvalue weighted by atomic mass is 32.2. The first kappa shape index (κ1) is 24.1. The minimum atomic E-state index is -0.0768. The van der Waals surface area contributed by atoms with Crippen molar-refractivity contribution in [1.82, 2.24) is 9.97 Å². The lowest BCUT2D eigenvalue weighted by molar-refractivity contribution is 0.166. The molecule has 1 unspecified atom stereocenters. The van der Waals surface area contributed by atoms with E-state index in [1.807, 2.05) is 6.07 Å². The van der Waals surface area contributed by atoms with Crippen molar-refractivity contribution in [2.45, 2.75) is 69.8 Å². The highest BCUT2D eigenvalue weighted by molar-refractivity contribution is 8.00. The van der Waals surface area contributed by atoms with Crippen LogP contribution in [0.1, 0.15) is 72.6 Å². The van der Waals surface area contributed by atoms with Crippen LogP contribution < -0.4 is 9.46 Å². The summed E-state index contributed by atoms with van der Waals surface area (Å²) in [6, 6.07) is 24.2. The lowest BCUT2D eigenvalue weighted by Crippen LogP contribution is -2.23. The molecule has 0 saturated heterocycles. The summed E-state index contributed by atoms with van der Waals surface area (Å²) in [7, 11) is 0. The average molecular weight is 508 g/mol. The van der Waals surface area contributed by atoms with E-state index < -0.39 is 0 Å². The van der Waals surface area contributed by atoms with Crippen molar-refractivity contribution in [2.75, 3.05) is 4.72 Å². The largest absolute Gasteiger partial charge is 0.469 e. The van der Waals surface area contributed by atoms with Gasteiger partial charge in [0.25, 0.3) is 0 Å². The van der Waals surface area contributed by atoms with E-state index in [2.05, 4.69) is 100 Å². The standard InChI is InChI=1S/C32H33N3OS/c1-19-8-6-9-20(2)30(19)27-18-29-34-31(33-27)35-37-25-11-7-10-21(16-25)22-14-23-15-24(32(3,4)5)12-13-26(23)28(17-22)36-29/h6-13,15-16,18,22,28H,14,17H2,1-5H3,(H,33,34,35)/t22?,28-/m1/s1. The topological polar surface area (TPSA) is 47.0 Å². The molecule has 188 valence electrons. The van der Waals surface area contributed by atoms with Gasteiger partial charge in [-0.15, -0.1) is 0 Å². The first-order chi connectivity index (χ1) is 17.7.